The van der Waals surface area contributed by atoms with Crippen molar-refractivity contribution >= 4 is 29.0 Å². The van der Waals surface area contributed by atoms with Gasteiger partial charge in [0.1, 0.15) is 17.2 Å². The van der Waals surface area contributed by atoms with Gasteiger partial charge >= 0.3 is 0 Å². The predicted molar refractivity (Wildman–Crippen MR) is 107 cm³/mol. The largest absolute Gasteiger partial charge is 0.481 e. The molecule has 0 spiro atoms. The molecule has 0 atom stereocenters. The molecule has 27 heavy (non-hydrogen) atoms. The number of aromatic nitrogens is 3. The second-order valence-electron chi connectivity index (χ2n) is 6.60. The fourth-order valence-electron chi connectivity index (χ4n) is 3.27. The van der Waals surface area contributed by atoms with E-state index in [2.05, 4.69) is 14.7 Å². The molecule has 7 heteroatoms. The van der Waals surface area contributed by atoms with E-state index in [1.165, 1.54) is 32.1 Å². The summed E-state index contributed by atoms with van der Waals surface area (Å²) in [4.78, 5) is 18.2. The lowest BCUT2D eigenvalue weighted by Crippen LogP contribution is -2.23. The van der Waals surface area contributed by atoms with Crippen LogP contribution in [0.1, 0.15) is 39.0 Å². The van der Waals surface area contributed by atoms with E-state index < -0.39 is 5.97 Å². The molecule has 0 aromatic carbocycles. The summed E-state index contributed by atoms with van der Waals surface area (Å²) in [5, 5.41) is 11.8. The molecule has 3 heterocycles. The average Bonchev–Trinajstić information content (AvgIpc) is 3.01. The van der Waals surface area contributed by atoms with Gasteiger partial charge in [0.05, 0.1) is 10.7 Å². The Morgan fingerprint density at radius 1 is 1.22 bits per heavy atom. The number of nitrogens with zero attached hydrogens (tertiary/aromatic N) is 3. The van der Waals surface area contributed by atoms with E-state index in [1.54, 1.807) is 6.20 Å². The highest BCUT2D eigenvalue weighted by Crippen LogP contribution is 2.30. The normalized spacial score (nSPS) is 14.4. The van der Waals surface area contributed by atoms with Gasteiger partial charge < -0.3 is 10.4 Å². The summed E-state index contributed by atoms with van der Waals surface area (Å²) in [5.41, 5.74) is 2.66. The Labute approximate surface area is 163 Å². The number of aliphatic carboxylic acids is 1. The van der Waals surface area contributed by atoms with Gasteiger partial charge in [0.2, 0.25) is 0 Å². The lowest BCUT2D eigenvalue weighted by atomic mass is 9.95. The van der Waals surface area contributed by atoms with Crippen LogP contribution in [-0.2, 0) is 4.79 Å². The zero-order chi connectivity index (χ0) is 19.2. The standard InChI is InChI=1S/C18H19ClN4.C2H4O2/c19-13-9-10-15(20-12-13)17-18(21-14-6-2-1-3-7-14)23-11-5-4-8-16(23)22-17;1-2(3)4/h4-5,8-12,14,21H,1-3,6-7H2;1H3,(H,3,4). The van der Waals surface area contributed by atoms with E-state index in [-0.39, 0.29) is 0 Å². The number of imidazole rings is 1. The van der Waals surface area contributed by atoms with Crippen molar-refractivity contribution in [2.45, 2.75) is 45.1 Å². The fraction of sp³-hybridized carbons (Fsp3) is 0.350. The highest BCUT2D eigenvalue weighted by molar-refractivity contribution is 6.30. The molecule has 3 aromatic rings. The van der Waals surface area contributed by atoms with Gasteiger partial charge in [0.25, 0.3) is 5.97 Å². The Kier molecular flexibility index (Phi) is 6.29. The Hall–Kier alpha value is -2.60. The van der Waals surface area contributed by atoms with Gasteiger partial charge in [-0.15, -0.1) is 0 Å². The first kappa shape index (κ1) is 19.2. The van der Waals surface area contributed by atoms with Crippen LogP contribution in [0, 0.1) is 0 Å². The third-order valence-electron chi connectivity index (χ3n) is 4.45. The number of pyridine rings is 2. The second-order valence-corrected chi connectivity index (χ2v) is 7.03. The smallest absolute Gasteiger partial charge is 0.300 e. The summed E-state index contributed by atoms with van der Waals surface area (Å²) in [6.07, 6.45) is 10.1. The second kappa shape index (κ2) is 8.86. The molecule has 0 saturated heterocycles. The highest BCUT2D eigenvalue weighted by Gasteiger charge is 2.19. The Balaban J connectivity index is 0.000000481. The molecule has 0 aliphatic heterocycles. The number of nitrogens with one attached hydrogen (secondary N) is 1. The van der Waals surface area contributed by atoms with Crippen molar-refractivity contribution in [3.8, 4) is 11.4 Å². The number of halogens is 1. The Bertz CT molecular complexity index is 898. The predicted octanol–water partition coefficient (Wildman–Crippen LogP) is 4.89. The minimum absolute atomic E-state index is 0.509. The van der Waals surface area contributed by atoms with Crippen molar-refractivity contribution in [2.75, 3.05) is 5.32 Å². The molecule has 4 rings (SSSR count). The van der Waals surface area contributed by atoms with E-state index in [1.807, 2.05) is 36.5 Å². The Morgan fingerprint density at radius 2 is 1.96 bits per heavy atom. The fourth-order valence-corrected chi connectivity index (χ4v) is 3.38. The summed E-state index contributed by atoms with van der Waals surface area (Å²) in [6, 6.07) is 10.3. The van der Waals surface area contributed by atoms with E-state index in [0.29, 0.717) is 11.1 Å². The number of carboxylic acids is 1. The topological polar surface area (TPSA) is 79.5 Å². The van der Waals surface area contributed by atoms with Crippen molar-refractivity contribution in [3.05, 3.63) is 47.7 Å². The van der Waals surface area contributed by atoms with Crippen molar-refractivity contribution in [3.63, 3.8) is 0 Å². The number of rotatable bonds is 3. The van der Waals surface area contributed by atoms with Crippen LogP contribution in [-0.4, -0.2) is 31.5 Å². The van der Waals surface area contributed by atoms with Gasteiger partial charge in [0, 0.05) is 25.4 Å². The number of carbonyl (C=O) groups is 1. The number of hydrogen-bond donors (Lipinski definition) is 2. The molecule has 0 unspecified atom stereocenters. The molecule has 6 nitrogen and oxygen atoms in total. The molecular weight excluding hydrogens is 364 g/mol. The average molecular weight is 387 g/mol. The minimum Gasteiger partial charge on any atom is -0.481 e. The molecule has 0 amide bonds. The number of hydrogen-bond acceptors (Lipinski definition) is 4. The van der Waals surface area contributed by atoms with Crippen molar-refractivity contribution in [1.82, 2.24) is 14.4 Å². The molecule has 0 bridgehead atoms. The summed E-state index contributed by atoms with van der Waals surface area (Å²) in [7, 11) is 0. The van der Waals surface area contributed by atoms with Crippen LogP contribution >= 0.6 is 11.6 Å². The van der Waals surface area contributed by atoms with Crippen LogP contribution < -0.4 is 5.32 Å². The lowest BCUT2D eigenvalue weighted by Gasteiger charge is -2.24. The van der Waals surface area contributed by atoms with Crippen LogP contribution in [0.2, 0.25) is 5.02 Å². The summed E-state index contributed by atoms with van der Waals surface area (Å²) in [5.74, 6) is 0.197. The van der Waals surface area contributed by atoms with Gasteiger partial charge in [-0.1, -0.05) is 36.9 Å². The van der Waals surface area contributed by atoms with Crippen LogP contribution in [0.4, 0.5) is 5.82 Å². The van der Waals surface area contributed by atoms with E-state index in [4.69, 9.17) is 26.5 Å². The molecule has 1 aliphatic carbocycles. The monoisotopic (exact) mass is 386 g/mol. The van der Waals surface area contributed by atoms with Crippen LogP contribution in [0.5, 0.6) is 0 Å². The molecular formula is C20H23ClN4O2. The SMILES string of the molecule is CC(=O)O.Clc1ccc(-c2nc3ccccn3c2NC2CCCCC2)nc1. The minimum atomic E-state index is -0.833. The maximum absolute atomic E-state index is 9.00. The van der Waals surface area contributed by atoms with Gasteiger partial charge in [-0.25, -0.2) is 4.98 Å². The number of fused-ring (bicyclic) bond motifs is 1. The first-order valence-corrected chi connectivity index (χ1v) is 9.47. The van der Waals surface area contributed by atoms with Crippen molar-refractivity contribution in [2.24, 2.45) is 0 Å². The molecule has 2 N–H and O–H groups in total. The lowest BCUT2D eigenvalue weighted by molar-refractivity contribution is -0.134. The van der Waals surface area contributed by atoms with Crippen LogP contribution in [0.15, 0.2) is 42.7 Å². The zero-order valence-electron chi connectivity index (χ0n) is 15.2. The summed E-state index contributed by atoms with van der Waals surface area (Å²) >= 11 is 5.97. The number of carboxylic acid groups (broad SMARTS) is 1. The summed E-state index contributed by atoms with van der Waals surface area (Å²) in [6.45, 7) is 1.08. The molecule has 1 fully saturated rings. The zero-order valence-corrected chi connectivity index (χ0v) is 16.0. The quantitative estimate of drug-likeness (QED) is 0.670. The number of anilines is 1. The van der Waals surface area contributed by atoms with E-state index in [0.717, 1.165) is 29.8 Å². The molecule has 1 aliphatic rings. The van der Waals surface area contributed by atoms with Crippen molar-refractivity contribution < 1.29 is 9.90 Å². The Morgan fingerprint density at radius 3 is 2.63 bits per heavy atom. The first-order valence-electron chi connectivity index (χ1n) is 9.09. The van der Waals surface area contributed by atoms with Crippen LogP contribution in [0.3, 0.4) is 0 Å². The van der Waals surface area contributed by atoms with Crippen LogP contribution in [0.25, 0.3) is 17.0 Å². The van der Waals surface area contributed by atoms with Gasteiger partial charge in [-0.05, 0) is 37.1 Å². The molecule has 1 saturated carbocycles. The summed E-state index contributed by atoms with van der Waals surface area (Å²) < 4.78 is 2.11. The van der Waals surface area contributed by atoms with Crippen molar-refractivity contribution in [1.29, 1.82) is 0 Å². The highest BCUT2D eigenvalue weighted by atomic mass is 35.5. The molecule has 3 aromatic heterocycles. The third-order valence-corrected chi connectivity index (χ3v) is 4.67. The maximum Gasteiger partial charge on any atom is 0.300 e. The molecule has 0 radical (unpaired) electrons. The first-order chi connectivity index (χ1) is 13.0. The molecule has 142 valence electrons. The van der Waals surface area contributed by atoms with Gasteiger partial charge in [-0.2, -0.15) is 0 Å². The van der Waals surface area contributed by atoms with E-state index in [9.17, 15) is 0 Å². The van der Waals surface area contributed by atoms with Gasteiger partial charge in [-0.3, -0.25) is 14.2 Å². The third kappa shape index (κ3) is 4.98. The van der Waals surface area contributed by atoms with Gasteiger partial charge in [0.15, 0.2) is 0 Å². The maximum atomic E-state index is 9.00. The van der Waals surface area contributed by atoms with E-state index >= 15 is 0 Å².